The number of pyridine rings is 1. The Morgan fingerprint density at radius 3 is 2.16 bits per heavy atom. The third-order valence-corrected chi connectivity index (χ3v) is 12.4. The normalized spacial score (nSPS) is 13.8. The first kappa shape index (κ1) is 37.5. The molecule has 1 atom stereocenters. The SMILES string of the molecule is CC(C)Cc1cc(-c2[c-]ccc3c2oc2ccccc23)ncc1[Si](C)(C)C.[Ir+3].[c-]1cc2c(cc1C1[N-]c3ccccc3N1c1ccccc1)oc1ccccc12. The van der Waals surface area contributed by atoms with E-state index in [1.54, 1.807) is 0 Å². The standard InChI is InChI=1S/C25H16N2O.C24H26NOSi.Ir/c1-2-8-18(9-3-1)27-22-12-6-5-11-21(22)26-25(27)17-14-15-20-19-10-4-7-13-23(19)28-24(20)16-17;1-16(2)13-17-14-21(25-15-23(17)27(3,4)5)20-11-8-10-19-18-9-6-7-12-22(18)26-24(19)20;/h1-13,15-16,25H;6-10,12,14-16H,13H2,1-5H3;/q-2;-1;+3. The van der Waals surface area contributed by atoms with Gasteiger partial charge in [-0.3, -0.25) is 0 Å². The van der Waals surface area contributed by atoms with E-state index in [2.05, 4.69) is 136 Å². The molecule has 0 saturated carbocycles. The first-order valence-electron chi connectivity index (χ1n) is 19.0. The van der Waals surface area contributed by atoms with Crippen LogP contribution in [0.15, 0.2) is 148 Å². The zero-order chi connectivity index (χ0) is 37.7. The number of rotatable bonds is 6. The van der Waals surface area contributed by atoms with E-state index in [1.165, 1.54) is 10.8 Å². The van der Waals surface area contributed by atoms with Gasteiger partial charge in [0.15, 0.2) is 0 Å². The van der Waals surface area contributed by atoms with Gasteiger partial charge in [-0.15, -0.1) is 30.0 Å². The van der Waals surface area contributed by atoms with Crippen molar-refractivity contribution in [2.24, 2.45) is 5.92 Å². The number of aromatic nitrogens is 1. The summed E-state index contributed by atoms with van der Waals surface area (Å²) in [4.78, 5) is 7.11. The molecule has 0 radical (unpaired) electrons. The Balaban J connectivity index is 0.000000155. The van der Waals surface area contributed by atoms with E-state index in [1.807, 2.05) is 54.6 Å². The number of fused-ring (bicyclic) bond motifs is 7. The van der Waals surface area contributed by atoms with Crippen LogP contribution in [-0.4, -0.2) is 13.1 Å². The molecule has 0 saturated heterocycles. The van der Waals surface area contributed by atoms with Crippen LogP contribution in [0.5, 0.6) is 0 Å². The number of benzene rings is 6. The van der Waals surface area contributed by atoms with Gasteiger partial charge in [-0.1, -0.05) is 134 Å². The summed E-state index contributed by atoms with van der Waals surface area (Å²) in [5, 5.41) is 10.9. The molecule has 9 aromatic rings. The predicted molar refractivity (Wildman–Crippen MR) is 231 cm³/mol. The third kappa shape index (κ3) is 6.96. The fraction of sp³-hybridized carbons (Fsp3) is 0.163. The Kier molecular flexibility index (Phi) is 10.2. The fourth-order valence-corrected chi connectivity index (χ4v) is 9.39. The molecule has 0 spiro atoms. The zero-order valence-corrected chi connectivity index (χ0v) is 35.5. The summed E-state index contributed by atoms with van der Waals surface area (Å²) in [5.74, 6) is 0.612. The van der Waals surface area contributed by atoms with Crippen LogP contribution in [0.1, 0.15) is 31.1 Å². The van der Waals surface area contributed by atoms with Crippen molar-refractivity contribution < 1.29 is 28.9 Å². The van der Waals surface area contributed by atoms with Crippen LogP contribution in [0.4, 0.5) is 17.1 Å². The fourth-order valence-electron chi connectivity index (χ4n) is 7.80. The minimum absolute atomic E-state index is 0. The molecule has 0 bridgehead atoms. The van der Waals surface area contributed by atoms with E-state index in [4.69, 9.17) is 19.1 Å². The molecule has 1 aliphatic rings. The number of nitrogens with zero attached hydrogens (tertiary/aromatic N) is 3. The first-order chi connectivity index (χ1) is 26.7. The summed E-state index contributed by atoms with van der Waals surface area (Å²) in [6.45, 7) is 11.7. The summed E-state index contributed by atoms with van der Waals surface area (Å²) in [6, 6.07) is 52.2. The van der Waals surface area contributed by atoms with Crippen molar-refractivity contribution in [3.8, 4) is 11.3 Å². The molecule has 0 N–H and O–H groups in total. The van der Waals surface area contributed by atoms with Crippen LogP contribution in [0, 0.1) is 18.1 Å². The van der Waals surface area contributed by atoms with Crippen LogP contribution in [0.2, 0.25) is 19.6 Å². The van der Waals surface area contributed by atoms with Gasteiger partial charge in [-0.05, 0) is 65.1 Å². The number of anilines is 2. The van der Waals surface area contributed by atoms with Gasteiger partial charge >= 0.3 is 20.1 Å². The molecule has 3 aromatic heterocycles. The van der Waals surface area contributed by atoms with Crippen molar-refractivity contribution in [2.45, 2.75) is 46.1 Å². The van der Waals surface area contributed by atoms with Gasteiger partial charge < -0.3 is 24.0 Å². The van der Waals surface area contributed by atoms with Gasteiger partial charge in [0.1, 0.15) is 11.2 Å². The Labute approximate surface area is 342 Å². The van der Waals surface area contributed by atoms with Crippen LogP contribution in [0.3, 0.4) is 0 Å². The summed E-state index contributed by atoms with van der Waals surface area (Å²) < 4.78 is 12.3. The summed E-state index contributed by atoms with van der Waals surface area (Å²) in [7, 11) is -1.44. The maximum Gasteiger partial charge on any atom is 3.00 e. The predicted octanol–water partition coefficient (Wildman–Crippen LogP) is 13.4. The molecule has 10 rings (SSSR count). The molecule has 1 unspecified atom stereocenters. The van der Waals surface area contributed by atoms with Gasteiger partial charge in [0.05, 0.1) is 13.7 Å². The van der Waals surface area contributed by atoms with Crippen LogP contribution in [0.25, 0.3) is 60.5 Å². The molecule has 4 heterocycles. The van der Waals surface area contributed by atoms with Gasteiger partial charge in [0, 0.05) is 28.5 Å². The molecular formula is C49H42IrN3O2Si. The smallest absolute Gasteiger partial charge is 0.661 e. The maximum absolute atomic E-state index is 6.19. The largest absolute Gasteiger partial charge is 3.00 e. The van der Waals surface area contributed by atoms with Gasteiger partial charge in [0.2, 0.25) is 0 Å². The topological polar surface area (TPSA) is 56.5 Å². The Bertz CT molecular complexity index is 2820. The minimum atomic E-state index is -1.44. The van der Waals surface area contributed by atoms with Crippen molar-refractivity contribution in [3.05, 3.63) is 168 Å². The molecule has 0 aliphatic carbocycles. The van der Waals surface area contributed by atoms with Gasteiger partial charge in [-0.25, -0.2) is 0 Å². The van der Waals surface area contributed by atoms with Crippen LogP contribution < -0.4 is 10.1 Å². The molecule has 278 valence electrons. The zero-order valence-electron chi connectivity index (χ0n) is 32.1. The second-order valence-corrected chi connectivity index (χ2v) is 20.8. The summed E-state index contributed by atoms with van der Waals surface area (Å²) >= 11 is 0. The monoisotopic (exact) mass is 925 g/mol. The van der Waals surface area contributed by atoms with E-state index < -0.39 is 8.07 Å². The molecule has 7 heteroatoms. The number of furan rings is 2. The summed E-state index contributed by atoms with van der Waals surface area (Å²) in [5.41, 5.74) is 11.1. The van der Waals surface area contributed by atoms with E-state index in [0.29, 0.717) is 5.92 Å². The van der Waals surface area contributed by atoms with Crippen LogP contribution in [-0.2, 0) is 26.5 Å². The average Bonchev–Trinajstić information content (AvgIpc) is 3.89. The van der Waals surface area contributed by atoms with Crippen molar-refractivity contribution in [1.29, 1.82) is 0 Å². The molecule has 0 amide bonds. The average molecular weight is 925 g/mol. The molecule has 6 aromatic carbocycles. The maximum atomic E-state index is 6.19. The van der Waals surface area contributed by atoms with E-state index in [9.17, 15) is 0 Å². The van der Waals surface area contributed by atoms with E-state index >= 15 is 0 Å². The first-order valence-corrected chi connectivity index (χ1v) is 22.5. The van der Waals surface area contributed by atoms with Gasteiger partial charge in [-0.2, -0.15) is 17.7 Å². The molecule has 1 aliphatic heterocycles. The van der Waals surface area contributed by atoms with Crippen molar-refractivity contribution in [1.82, 2.24) is 4.98 Å². The molecular weight excluding hydrogens is 883 g/mol. The Hall–Kier alpha value is -5.46. The number of hydrogen-bond acceptors (Lipinski definition) is 4. The molecule has 5 nitrogen and oxygen atoms in total. The van der Waals surface area contributed by atoms with Crippen LogP contribution >= 0.6 is 0 Å². The van der Waals surface area contributed by atoms with E-state index in [0.717, 1.165) is 84.2 Å². The number of para-hydroxylation sites is 5. The molecule has 56 heavy (non-hydrogen) atoms. The summed E-state index contributed by atoms with van der Waals surface area (Å²) in [6.07, 6.45) is 3.01. The minimum Gasteiger partial charge on any atom is -0.661 e. The van der Waals surface area contributed by atoms with Crippen molar-refractivity contribution in [3.63, 3.8) is 0 Å². The Morgan fingerprint density at radius 1 is 0.732 bits per heavy atom. The third-order valence-electron chi connectivity index (χ3n) is 10.3. The van der Waals surface area contributed by atoms with E-state index in [-0.39, 0.29) is 26.3 Å². The Morgan fingerprint density at radius 2 is 1.41 bits per heavy atom. The molecule has 0 fully saturated rings. The second-order valence-electron chi connectivity index (χ2n) is 15.7. The van der Waals surface area contributed by atoms with Crippen molar-refractivity contribution in [2.75, 3.05) is 4.90 Å². The van der Waals surface area contributed by atoms with Crippen molar-refractivity contribution >= 4 is 74.2 Å². The quantitative estimate of drug-likeness (QED) is 0.123. The second kappa shape index (κ2) is 15.2. The number of hydrogen-bond donors (Lipinski definition) is 0. The van der Waals surface area contributed by atoms with Gasteiger partial charge in [0.25, 0.3) is 0 Å².